The predicted molar refractivity (Wildman–Crippen MR) is 64.1 cm³/mol. The van der Waals surface area contributed by atoms with Crippen molar-refractivity contribution in [1.82, 2.24) is 9.88 Å². The van der Waals surface area contributed by atoms with Gasteiger partial charge in [-0.25, -0.2) is 4.98 Å². The van der Waals surface area contributed by atoms with Crippen LogP contribution in [-0.4, -0.2) is 40.3 Å². The van der Waals surface area contributed by atoms with Gasteiger partial charge in [-0.1, -0.05) is 13.0 Å². The van der Waals surface area contributed by atoms with Gasteiger partial charge in [0.1, 0.15) is 0 Å². The van der Waals surface area contributed by atoms with Crippen molar-refractivity contribution in [3.63, 3.8) is 0 Å². The highest BCUT2D eigenvalue weighted by molar-refractivity contribution is 6.33. The minimum atomic E-state index is -1.82. The summed E-state index contributed by atoms with van der Waals surface area (Å²) in [6, 6.07) is 3.72. The van der Waals surface area contributed by atoms with E-state index >= 15 is 0 Å². The van der Waals surface area contributed by atoms with Gasteiger partial charge in [-0.05, 0) is 24.9 Å². The molecule has 92 valence electrons. The summed E-state index contributed by atoms with van der Waals surface area (Å²) < 4.78 is 4.86. The van der Waals surface area contributed by atoms with Gasteiger partial charge in [0.2, 0.25) is 5.88 Å². The molecule has 2 heterocycles. The molecule has 6 heteroatoms. The Labute approximate surface area is 101 Å². The lowest BCUT2D eigenvalue weighted by molar-refractivity contribution is 0.274. The zero-order valence-corrected chi connectivity index (χ0v) is 9.91. The Kier molecular flexibility index (Phi) is 3.99. The smallest absolute Gasteiger partial charge is 0.497 e. The van der Waals surface area contributed by atoms with Crippen molar-refractivity contribution in [2.45, 2.75) is 19.9 Å². The molecule has 0 spiro atoms. The molecule has 0 bridgehead atoms. The first-order valence-electron chi connectivity index (χ1n) is 5.84. The maximum atomic E-state index is 8.81. The fourth-order valence-electron chi connectivity index (χ4n) is 2.16. The highest BCUT2D eigenvalue weighted by Gasteiger charge is 2.21. The minimum Gasteiger partial charge on any atom is -0.497 e. The van der Waals surface area contributed by atoms with E-state index in [0.717, 1.165) is 31.1 Å². The first-order chi connectivity index (χ1) is 8.15. The summed E-state index contributed by atoms with van der Waals surface area (Å²) in [6.07, 6.45) is 2.78. The Morgan fingerprint density at radius 3 is 3.06 bits per heavy atom. The van der Waals surface area contributed by atoms with Crippen LogP contribution in [0.4, 0.5) is 0 Å². The summed E-state index contributed by atoms with van der Waals surface area (Å²) in [5, 5.41) is 17.6. The number of pyridine rings is 1. The van der Waals surface area contributed by atoms with Gasteiger partial charge in [0.05, 0.1) is 0 Å². The Morgan fingerprint density at radius 2 is 2.41 bits per heavy atom. The highest BCUT2D eigenvalue weighted by atomic mass is 16.6. The van der Waals surface area contributed by atoms with Crippen molar-refractivity contribution >= 4 is 7.32 Å². The molecular formula is C11H17BN2O3. The van der Waals surface area contributed by atoms with Crippen molar-refractivity contribution in [1.29, 1.82) is 0 Å². The van der Waals surface area contributed by atoms with Crippen LogP contribution in [0, 0.1) is 5.92 Å². The molecule has 1 aromatic rings. The SMILES string of the molecule is CC1CCN(Cc2cccnc2OB(O)O)C1. The van der Waals surface area contributed by atoms with E-state index in [4.69, 9.17) is 14.7 Å². The Bertz CT molecular complexity index is 375. The zero-order chi connectivity index (χ0) is 12.3. The second-order valence-corrected chi connectivity index (χ2v) is 4.54. The van der Waals surface area contributed by atoms with Gasteiger partial charge in [-0.15, -0.1) is 0 Å². The molecular weight excluding hydrogens is 219 g/mol. The number of rotatable bonds is 4. The van der Waals surface area contributed by atoms with Crippen LogP contribution in [-0.2, 0) is 6.54 Å². The van der Waals surface area contributed by atoms with Gasteiger partial charge >= 0.3 is 7.32 Å². The van der Waals surface area contributed by atoms with Crippen molar-refractivity contribution in [2.24, 2.45) is 5.92 Å². The fraction of sp³-hybridized carbons (Fsp3) is 0.545. The van der Waals surface area contributed by atoms with Crippen LogP contribution >= 0.6 is 0 Å². The topological polar surface area (TPSA) is 65.8 Å². The fourth-order valence-corrected chi connectivity index (χ4v) is 2.16. The van der Waals surface area contributed by atoms with E-state index in [1.54, 1.807) is 6.20 Å². The lowest BCUT2D eigenvalue weighted by Crippen LogP contribution is -2.24. The van der Waals surface area contributed by atoms with Gasteiger partial charge in [0.15, 0.2) is 0 Å². The van der Waals surface area contributed by atoms with Crippen LogP contribution in [0.15, 0.2) is 18.3 Å². The third-order valence-electron chi connectivity index (χ3n) is 2.97. The number of hydrogen-bond acceptors (Lipinski definition) is 5. The molecule has 0 radical (unpaired) electrons. The van der Waals surface area contributed by atoms with E-state index < -0.39 is 7.32 Å². The number of aromatic nitrogens is 1. The Hall–Kier alpha value is -1.11. The summed E-state index contributed by atoms with van der Waals surface area (Å²) in [6.45, 7) is 5.10. The standard InChI is InChI=1S/C11H17BN2O3/c1-9-4-6-14(7-9)8-10-3-2-5-13-11(10)17-12(15)16/h2-3,5,9,15-16H,4,6-8H2,1H3. The second-order valence-electron chi connectivity index (χ2n) is 4.54. The van der Waals surface area contributed by atoms with Crippen molar-refractivity contribution < 1.29 is 14.7 Å². The molecule has 17 heavy (non-hydrogen) atoms. The van der Waals surface area contributed by atoms with Crippen molar-refractivity contribution in [3.8, 4) is 5.88 Å². The van der Waals surface area contributed by atoms with E-state index in [-0.39, 0.29) is 0 Å². The van der Waals surface area contributed by atoms with Crippen molar-refractivity contribution in [2.75, 3.05) is 13.1 Å². The normalized spacial score (nSPS) is 20.5. The molecule has 2 N–H and O–H groups in total. The third kappa shape index (κ3) is 3.42. The summed E-state index contributed by atoms with van der Waals surface area (Å²) >= 11 is 0. The molecule has 1 aliphatic rings. The monoisotopic (exact) mass is 236 g/mol. The van der Waals surface area contributed by atoms with Crippen LogP contribution in [0.3, 0.4) is 0 Å². The largest absolute Gasteiger partial charge is 0.708 e. The molecule has 0 aromatic carbocycles. The quantitative estimate of drug-likeness (QED) is 0.734. The molecule has 1 atom stereocenters. The van der Waals surface area contributed by atoms with E-state index in [0.29, 0.717) is 5.88 Å². The van der Waals surface area contributed by atoms with Crippen LogP contribution < -0.4 is 4.65 Å². The average Bonchev–Trinajstić information content (AvgIpc) is 2.66. The van der Waals surface area contributed by atoms with Crippen LogP contribution in [0.1, 0.15) is 18.9 Å². The Morgan fingerprint density at radius 1 is 1.59 bits per heavy atom. The number of likely N-dealkylation sites (tertiary alicyclic amines) is 1. The molecule has 1 saturated heterocycles. The first kappa shape index (κ1) is 12.4. The highest BCUT2D eigenvalue weighted by Crippen LogP contribution is 2.21. The van der Waals surface area contributed by atoms with E-state index in [9.17, 15) is 0 Å². The summed E-state index contributed by atoms with van der Waals surface area (Å²) in [4.78, 5) is 6.33. The average molecular weight is 236 g/mol. The molecule has 2 rings (SSSR count). The zero-order valence-electron chi connectivity index (χ0n) is 9.91. The minimum absolute atomic E-state index is 0.294. The molecule has 1 unspecified atom stereocenters. The third-order valence-corrected chi connectivity index (χ3v) is 2.97. The molecule has 0 aliphatic carbocycles. The molecule has 0 amide bonds. The molecule has 1 aliphatic heterocycles. The van der Waals surface area contributed by atoms with Gasteiger partial charge in [0.25, 0.3) is 0 Å². The first-order valence-corrected chi connectivity index (χ1v) is 5.84. The number of hydrogen-bond donors (Lipinski definition) is 2. The lowest BCUT2D eigenvalue weighted by Gasteiger charge is -2.17. The Balaban J connectivity index is 2.04. The number of nitrogens with zero attached hydrogens (tertiary/aromatic N) is 2. The van der Waals surface area contributed by atoms with E-state index in [1.165, 1.54) is 6.42 Å². The molecule has 1 aromatic heterocycles. The summed E-state index contributed by atoms with van der Waals surface area (Å²) in [5.74, 6) is 1.02. The van der Waals surface area contributed by atoms with Gasteiger partial charge in [-0.2, -0.15) is 0 Å². The lowest BCUT2D eigenvalue weighted by atomic mass is 10.2. The van der Waals surface area contributed by atoms with Gasteiger partial charge in [0, 0.05) is 24.8 Å². The van der Waals surface area contributed by atoms with Crippen molar-refractivity contribution in [3.05, 3.63) is 23.9 Å². The predicted octanol–water partition coefficient (Wildman–Crippen LogP) is 0.272. The van der Waals surface area contributed by atoms with E-state index in [2.05, 4.69) is 16.8 Å². The van der Waals surface area contributed by atoms with Crippen LogP contribution in [0.2, 0.25) is 0 Å². The van der Waals surface area contributed by atoms with Gasteiger partial charge < -0.3 is 14.7 Å². The van der Waals surface area contributed by atoms with Crippen LogP contribution in [0.5, 0.6) is 5.88 Å². The summed E-state index contributed by atoms with van der Waals surface area (Å²) in [7, 11) is -1.82. The maximum absolute atomic E-state index is 8.81. The molecule has 1 fully saturated rings. The molecule has 5 nitrogen and oxygen atoms in total. The van der Waals surface area contributed by atoms with Gasteiger partial charge in [-0.3, -0.25) is 4.90 Å². The van der Waals surface area contributed by atoms with E-state index in [1.807, 2.05) is 12.1 Å². The maximum Gasteiger partial charge on any atom is 0.708 e. The molecule has 0 saturated carbocycles. The summed E-state index contributed by atoms with van der Waals surface area (Å²) in [5.41, 5.74) is 0.884. The van der Waals surface area contributed by atoms with Crippen LogP contribution in [0.25, 0.3) is 0 Å². The second kappa shape index (κ2) is 5.49.